The van der Waals surface area contributed by atoms with Crippen LogP contribution in [0, 0.1) is 6.92 Å². The maximum absolute atomic E-state index is 6.12. The number of anilines is 1. The number of nitrogens with zero attached hydrogens (tertiary/aromatic N) is 4. The highest BCUT2D eigenvalue weighted by Gasteiger charge is 2.18. The van der Waals surface area contributed by atoms with Crippen molar-refractivity contribution in [1.29, 1.82) is 0 Å². The van der Waals surface area contributed by atoms with Gasteiger partial charge in [0.1, 0.15) is 11.3 Å². The van der Waals surface area contributed by atoms with Gasteiger partial charge in [-0.2, -0.15) is 0 Å². The third kappa shape index (κ3) is 2.85. The van der Waals surface area contributed by atoms with Crippen LogP contribution in [0.4, 0.5) is 5.82 Å². The normalized spacial score (nSPS) is 15.2. The number of aromatic nitrogens is 3. The number of pyridine rings is 1. The van der Waals surface area contributed by atoms with Gasteiger partial charge in [0, 0.05) is 43.9 Å². The van der Waals surface area contributed by atoms with Crippen LogP contribution in [-0.4, -0.2) is 40.7 Å². The lowest BCUT2D eigenvalue weighted by Crippen LogP contribution is -2.44. The van der Waals surface area contributed by atoms with Crippen molar-refractivity contribution in [2.24, 2.45) is 0 Å². The molecule has 1 aliphatic rings. The third-order valence-electron chi connectivity index (χ3n) is 4.48. The minimum atomic E-state index is 0.758. The summed E-state index contributed by atoms with van der Waals surface area (Å²) < 4.78 is 2.23. The Bertz CT molecular complexity index is 867. The molecule has 0 spiro atoms. The third-order valence-corrected chi connectivity index (χ3v) is 4.72. The SMILES string of the molecule is Cc1nc2c(N3CCNCC3)nccc2n1Cc1cccc(Cl)c1. The summed E-state index contributed by atoms with van der Waals surface area (Å²) in [5, 5.41) is 4.14. The fraction of sp³-hybridized carbons (Fsp3) is 0.333. The number of benzene rings is 1. The van der Waals surface area contributed by atoms with Gasteiger partial charge >= 0.3 is 0 Å². The first-order valence-corrected chi connectivity index (χ1v) is 8.62. The van der Waals surface area contributed by atoms with Crippen molar-refractivity contribution >= 4 is 28.5 Å². The summed E-state index contributed by atoms with van der Waals surface area (Å²) in [6, 6.07) is 10.0. The molecule has 0 aliphatic carbocycles. The van der Waals surface area contributed by atoms with Crippen molar-refractivity contribution in [1.82, 2.24) is 19.9 Å². The Morgan fingerprint density at radius 2 is 2.04 bits per heavy atom. The molecule has 124 valence electrons. The number of rotatable bonds is 3. The zero-order valence-corrected chi connectivity index (χ0v) is 14.4. The van der Waals surface area contributed by atoms with Crippen LogP contribution >= 0.6 is 11.6 Å². The first kappa shape index (κ1) is 15.4. The molecular formula is C18H20ClN5. The van der Waals surface area contributed by atoms with Gasteiger partial charge in [0.15, 0.2) is 5.82 Å². The van der Waals surface area contributed by atoms with Gasteiger partial charge < -0.3 is 14.8 Å². The van der Waals surface area contributed by atoms with Gasteiger partial charge in [0.2, 0.25) is 0 Å². The topological polar surface area (TPSA) is 46.0 Å². The number of halogens is 1. The number of fused-ring (bicyclic) bond motifs is 1. The van der Waals surface area contributed by atoms with E-state index >= 15 is 0 Å². The summed E-state index contributed by atoms with van der Waals surface area (Å²) in [6.07, 6.45) is 1.88. The van der Waals surface area contributed by atoms with Crippen molar-refractivity contribution in [2.45, 2.75) is 13.5 Å². The van der Waals surface area contributed by atoms with Crippen molar-refractivity contribution in [2.75, 3.05) is 31.1 Å². The van der Waals surface area contributed by atoms with Crippen molar-refractivity contribution < 1.29 is 0 Å². The summed E-state index contributed by atoms with van der Waals surface area (Å²) in [6.45, 7) is 6.71. The first-order valence-electron chi connectivity index (χ1n) is 8.24. The molecule has 1 saturated heterocycles. The molecule has 4 rings (SSSR count). The lowest BCUT2D eigenvalue weighted by Gasteiger charge is -2.28. The summed E-state index contributed by atoms with van der Waals surface area (Å²) in [5.41, 5.74) is 3.28. The van der Waals surface area contributed by atoms with Crippen molar-refractivity contribution in [3.63, 3.8) is 0 Å². The Labute approximate surface area is 146 Å². The van der Waals surface area contributed by atoms with Gasteiger partial charge in [-0.25, -0.2) is 9.97 Å². The summed E-state index contributed by atoms with van der Waals surface area (Å²) in [4.78, 5) is 11.7. The van der Waals surface area contributed by atoms with E-state index < -0.39 is 0 Å². The number of hydrogen-bond acceptors (Lipinski definition) is 4. The highest BCUT2D eigenvalue weighted by atomic mass is 35.5. The number of hydrogen-bond donors (Lipinski definition) is 1. The molecule has 6 heteroatoms. The molecule has 1 N–H and O–H groups in total. The quantitative estimate of drug-likeness (QED) is 0.795. The average Bonchev–Trinajstić information content (AvgIpc) is 2.91. The van der Waals surface area contributed by atoms with Crippen LogP contribution in [0.2, 0.25) is 5.02 Å². The van der Waals surface area contributed by atoms with Crippen LogP contribution in [0.3, 0.4) is 0 Å². The van der Waals surface area contributed by atoms with Crippen LogP contribution < -0.4 is 10.2 Å². The Hall–Kier alpha value is -2.11. The van der Waals surface area contributed by atoms with Gasteiger partial charge in [-0.3, -0.25) is 0 Å². The maximum Gasteiger partial charge on any atom is 0.156 e. The van der Waals surface area contributed by atoms with E-state index in [4.69, 9.17) is 16.6 Å². The predicted octanol–water partition coefficient (Wildman–Crippen LogP) is 2.85. The van der Waals surface area contributed by atoms with Crippen LogP contribution in [0.15, 0.2) is 36.5 Å². The van der Waals surface area contributed by atoms with Gasteiger partial charge in [-0.1, -0.05) is 23.7 Å². The van der Waals surface area contributed by atoms with Crippen LogP contribution in [0.25, 0.3) is 11.0 Å². The highest BCUT2D eigenvalue weighted by Crippen LogP contribution is 2.26. The zero-order chi connectivity index (χ0) is 16.5. The van der Waals surface area contributed by atoms with Crippen LogP contribution in [0.5, 0.6) is 0 Å². The van der Waals surface area contributed by atoms with E-state index in [1.165, 1.54) is 5.56 Å². The molecule has 1 fully saturated rings. The molecule has 0 saturated carbocycles. The Balaban J connectivity index is 1.75. The van der Waals surface area contributed by atoms with E-state index in [1.54, 1.807) is 0 Å². The summed E-state index contributed by atoms with van der Waals surface area (Å²) in [7, 11) is 0. The number of imidazole rings is 1. The van der Waals surface area contributed by atoms with E-state index in [-0.39, 0.29) is 0 Å². The molecule has 3 aromatic rings. The summed E-state index contributed by atoms with van der Waals surface area (Å²) >= 11 is 6.12. The lowest BCUT2D eigenvalue weighted by atomic mass is 10.2. The molecule has 0 unspecified atom stereocenters. The van der Waals surface area contributed by atoms with Crippen molar-refractivity contribution in [3.8, 4) is 0 Å². The molecule has 0 amide bonds. The van der Waals surface area contributed by atoms with Gasteiger partial charge in [0.25, 0.3) is 0 Å². The molecule has 0 atom stereocenters. The minimum absolute atomic E-state index is 0.758. The second-order valence-electron chi connectivity index (χ2n) is 6.11. The predicted molar refractivity (Wildman–Crippen MR) is 97.9 cm³/mol. The molecule has 1 aromatic carbocycles. The largest absolute Gasteiger partial charge is 0.352 e. The molecule has 24 heavy (non-hydrogen) atoms. The molecule has 2 aromatic heterocycles. The smallest absolute Gasteiger partial charge is 0.156 e. The van der Waals surface area contributed by atoms with Gasteiger partial charge in [-0.15, -0.1) is 0 Å². The second-order valence-corrected chi connectivity index (χ2v) is 6.55. The van der Waals surface area contributed by atoms with E-state index in [9.17, 15) is 0 Å². The standard InChI is InChI=1S/C18H20ClN5/c1-13-22-17-16(24(13)12-14-3-2-4-15(19)11-14)5-6-21-18(17)23-9-7-20-8-10-23/h2-6,11,20H,7-10,12H2,1H3. The first-order chi connectivity index (χ1) is 11.7. The number of nitrogens with one attached hydrogen (secondary N) is 1. The molecular weight excluding hydrogens is 322 g/mol. The Kier molecular flexibility index (Phi) is 4.12. The van der Waals surface area contributed by atoms with Crippen molar-refractivity contribution in [3.05, 3.63) is 52.9 Å². The van der Waals surface area contributed by atoms with Crippen LogP contribution in [0.1, 0.15) is 11.4 Å². The Morgan fingerprint density at radius 3 is 2.83 bits per heavy atom. The fourth-order valence-corrected chi connectivity index (χ4v) is 3.49. The van der Waals surface area contributed by atoms with Gasteiger partial charge in [0.05, 0.1) is 5.52 Å². The van der Waals surface area contributed by atoms with E-state index in [2.05, 4.69) is 25.8 Å². The highest BCUT2D eigenvalue weighted by molar-refractivity contribution is 6.30. The molecule has 5 nitrogen and oxygen atoms in total. The van der Waals surface area contributed by atoms with E-state index in [0.29, 0.717) is 0 Å². The zero-order valence-electron chi connectivity index (χ0n) is 13.7. The minimum Gasteiger partial charge on any atom is -0.352 e. The molecule has 3 heterocycles. The van der Waals surface area contributed by atoms with Crippen LogP contribution in [-0.2, 0) is 6.54 Å². The maximum atomic E-state index is 6.12. The fourth-order valence-electron chi connectivity index (χ4n) is 3.28. The molecule has 0 radical (unpaired) electrons. The molecule has 0 bridgehead atoms. The Morgan fingerprint density at radius 1 is 1.21 bits per heavy atom. The number of aryl methyl sites for hydroxylation is 1. The second kappa shape index (κ2) is 6.42. The summed E-state index contributed by atoms with van der Waals surface area (Å²) in [5.74, 6) is 1.98. The van der Waals surface area contributed by atoms with E-state index in [0.717, 1.165) is 60.4 Å². The monoisotopic (exact) mass is 341 g/mol. The van der Waals surface area contributed by atoms with Gasteiger partial charge in [-0.05, 0) is 30.7 Å². The van der Waals surface area contributed by atoms with E-state index in [1.807, 2.05) is 37.4 Å². The number of piperazine rings is 1. The molecule has 1 aliphatic heterocycles. The average molecular weight is 342 g/mol. The lowest BCUT2D eigenvalue weighted by molar-refractivity contribution is 0.586.